The maximum Gasteiger partial charge on any atom is 0.317 e. The van der Waals surface area contributed by atoms with Crippen molar-refractivity contribution in [2.75, 3.05) is 13.2 Å². The minimum atomic E-state index is -1.75. The molecule has 0 spiro atoms. The van der Waals surface area contributed by atoms with Crippen LogP contribution in [0, 0.1) is 50.2 Å². The van der Waals surface area contributed by atoms with Crippen LogP contribution in [0.1, 0.15) is 106 Å². The van der Waals surface area contributed by atoms with E-state index in [1.54, 1.807) is 0 Å². The van der Waals surface area contributed by atoms with E-state index in [0.29, 0.717) is 32.1 Å². The lowest BCUT2D eigenvalue weighted by Gasteiger charge is -2.71. The maximum atomic E-state index is 14.6. The summed E-state index contributed by atoms with van der Waals surface area (Å²) in [5.74, 6) is -0.627. The third-order valence-electron chi connectivity index (χ3n) is 17.2. The van der Waals surface area contributed by atoms with Crippen molar-refractivity contribution in [1.82, 2.24) is 0 Å². The molecule has 0 bridgehead atoms. The molecule has 4 saturated carbocycles. The lowest BCUT2D eigenvalue weighted by molar-refractivity contribution is -0.330. The minimum Gasteiger partial charge on any atom is -0.432 e. The average molecular weight is 797 g/mol. The van der Waals surface area contributed by atoms with Crippen LogP contribution in [0.15, 0.2) is 11.6 Å². The number of carbonyl (C=O) groups excluding carboxylic acids is 1. The molecule has 2 heterocycles. The van der Waals surface area contributed by atoms with Gasteiger partial charge in [-0.25, -0.2) is 0 Å². The summed E-state index contributed by atoms with van der Waals surface area (Å²) in [6, 6.07) is 0. The van der Waals surface area contributed by atoms with Crippen molar-refractivity contribution in [3.63, 3.8) is 0 Å². The highest BCUT2D eigenvalue weighted by molar-refractivity contribution is 5.80. The van der Waals surface area contributed by atoms with E-state index in [4.69, 9.17) is 18.9 Å². The Morgan fingerprint density at radius 2 is 1.30 bits per heavy atom. The van der Waals surface area contributed by atoms with Crippen LogP contribution in [0.2, 0.25) is 0 Å². The van der Waals surface area contributed by atoms with Crippen molar-refractivity contribution < 1.29 is 69.7 Å². The van der Waals surface area contributed by atoms with Gasteiger partial charge >= 0.3 is 5.97 Å². The van der Waals surface area contributed by atoms with Crippen LogP contribution >= 0.6 is 0 Å². The molecule has 5 aliphatic carbocycles. The van der Waals surface area contributed by atoms with E-state index >= 15 is 0 Å². The van der Waals surface area contributed by atoms with Crippen molar-refractivity contribution in [1.29, 1.82) is 0 Å². The Balaban J connectivity index is 1.18. The largest absolute Gasteiger partial charge is 0.432 e. The third-order valence-corrected chi connectivity index (χ3v) is 17.2. The van der Waals surface area contributed by atoms with E-state index in [-0.39, 0.29) is 45.5 Å². The first kappa shape index (κ1) is 42.8. The molecule has 7 rings (SSSR count). The van der Waals surface area contributed by atoms with E-state index in [0.717, 1.165) is 25.7 Å². The molecule has 2 aliphatic heterocycles. The predicted molar refractivity (Wildman–Crippen MR) is 199 cm³/mol. The standard InChI is InChI=1S/C42H68O14/c1-37(2)14-15-42(36(52)56-35-33(51)31(49)29(47)23(19-44)54-35)21(16-37)20-8-9-25-39(5)12-11-27(55-34-32(50)30(48)28(46)22(18-43)53-34)38(3,4)24(39)10-13-40(25,6)41(20,7)17-26(42)45/h8,21-35,43-51H,9-19H2,1-7H3/t21-,22+,23+,24-,25+,26+,27-,28+,29+,30-,31-,32+,33+,34-,35-,39-,40+,41+,42+/m0/s1. The summed E-state index contributed by atoms with van der Waals surface area (Å²) in [7, 11) is 0. The molecule has 2 saturated heterocycles. The summed E-state index contributed by atoms with van der Waals surface area (Å²) in [6.07, 6.45) is -7.67. The van der Waals surface area contributed by atoms with Gasteiger partial charge in [-0.3, -0.25) is 4.79 Å². The van der Waals surface area contributed by atoms with Crippen molar-refractivity contribution in [2.24, 2.45) is 50.2 Å². The van der Waals surface area contributed by atoms with Gasteiger partial charge in [-0.05, 0) is 103 Å². The first-order valence-electron chi connectivity index (χ1n) is 20.9. The molecule has 0 amide bonds. The summed E-state index contributed by atoms with van der Waals surface area (Å²) in [5.41, 5.74) is -1.53. The molecular weight excluding hydrogens is 728 g/mol. The van der Waals surface area contributed by atoms with Crippen LogP contribution in [0.25, 0.3) is 0 Å². The van der Waals surface area contributed by atoms with E-state index < -0.39 is 97.5 Å². The van der Waals surface area contributed by atoms with Gasteiger partial charge in [0.1, 0.15) is 54.2 Å². The second-order valence-electron chi connectivity index (χ2n) is 20.8. The fourth-order valence-corrected chi connectivity index (χ4v) is 13.7. The number of allylic oxidation sites excluding steroid dienone is 2. The normalized spacial score (nSPS) is 53.7. The van der Waals surface area contributed by atoms with Crippen molar-refractivity contribution in [3.8, 4) is 0 Å². The van der Waals surface area contributed by atoms with Crippen molar-refractivity contribution in [3.05, 3.63) is 11.6 Å². The molecule has 56 heavy (non-hydrogen) atoms. The Hall–Kier alpha value is -1.27. The summed E-state index contributed by atoms with van der Waals surface area (Å²) >= 11 is 0. The van der Waals surface area contributed by atoms with E-state index in [9.17, 15) is 50.8 Å². The summed E-state index contributed by atoms with van der Waals surface area (Å²) < 4.78 is 23.7. The van der Waals surface area contributed by atoms with Gasteiger partial charge in [-0.2, -0.15) is 0 Å². The van der Waals surface area contributed by atoms with E-state index in [1.807, 2.05) is 0 Å². The number of rotatable bonds is 6. The van der Waals surface area contributed by atoms with Crippen LogP contribution < -0.4 is 0 Å². The molecule has 14 nitrogen and oxygen atoms in total. The molecule has 0 aromatic carbocycles. The Labute approximate surface area is 330 Å². The van der Waals surface area contributed by atoms with Gasteiger partial charge in [0.25, 0.3) is 0 Å². The first-order chi connectivity index (χ1) is 26.0. The lowest BCUT2D eigenvalue weighted by atomic mass is 9.33. The Morgan fingerprint density at radius 1 is 0.714 bits per heavy atom. The van der Waals surface area contributed by atoms with Crippen molar-refractivity contribution >= 4 is 5.97 Å². The number of esters is 1. The average Bonchev–Trinajstić information content (AvgIpc) is 3.13. The van der Waals surface area contributed by atoms with Gasteiger partial charge in [-0.15, -0.1) is 0 Å². The van der Waals surface area contributed by atoms with Gasteiger partial charge in [0.05, 0.1) is 25.4 Å². The van der Waals surface area contributed by atoms with Crippen molar-refractivity contribution in [2.45, 2.75) is 180 Å². The SMILES string of the molecule is CC1(C)CC[C@]2(C(=O)O[C@@H]3O[C@H](CO)[C@@H](O)[C@H](O)[C@H]3O)[C@H](O)C[C@]3(C)C(=CC[C@@H]4[C@@]5(C)CC[C@H](O[C@@H]6O[C@H](CO)[C@@H](O)[C@H](O)[C@H]6O)C(C)(C)[C@@H]5CC[C@]43C)[C@@H]2C1. The number of fused-ring (bicyclic) bond motifs is 7. The molecule has 0 radical (unpaired) electrons. The Bertz CT molecular complexity index is 1520. The molecule has 0 aromatic heterocycles. The number of carbonyl (C=O) groups is 1. The smallest absolute Gasteiger partial charge is 0.317 e. The molecule has 14 heteroatoms. The molecule has 0 aromatic rings. The van der Waals surface area contributed by atoms with Gasteiger partial charge in [-0.1, -0.05) is 60.1 Å². The zero-order valence-electron chi connectivity index (χ0n) is 34.1. The molecule has 320 valence electrons. The number of hydrogen-bond donors (Lipinski definition) is 9. The lowest BCUT2D eigenvalue weighted by Crippen LogP contribution is -2.68. The number of aliphatic hydroxyl groups excluding tert-OH is 9. The second kappa shape index (κ2) is 14.4. The fourth-order valence-electron chi connectivity index (χ4n) is 13.7. The third kappa shape index (κ3) is 6.13. The summed E-state index contributed by atoms with van der Waals surface area (Å²) in [6.45, 7) is 14.6. The van der Waals surface area contributed by atoms with Gasteiger partial charge in [0.15, 0.2) is 6.29 Å². The topological polar surface area (TPSA) is 236 Å². The molecule has 19 atom stereocenters. The monoisotopic (exact) mass is 796 g/mol. The van der Waals surface area contributed by atoms with Gasteiger partial charge in [0.2, 0.25) is 6.29 Å². The molecular formula is C42H68O14. The molecule has 6 fully saturated rings. The fraction of sp³-hybridized carbons (Fsp3) is 0.929. The maximum absolute atomic E-state index is 14.6. The van der Waals surface area contributed by atoms with E-state index in [2.05, 4.69) is 54.5 Å². The second-order valence-corrected chi connectivity index (χ2v) is 20.8. The highest BCUT2D eigenvalue weighted by Crippen LogP contribution is 2.76. The number of aliphatic hydroxyl groups is 9. The number of ether oxygens (including phenoxy) is 4. The van der Waals surface area contributed by atoms with Crippen LogP contribution in [0.5, 0.6) is 0 Å². The van der Waals surface area contributed by atoms with Crippen LogP contribution in [0.3, 0.4) is 0 Å². The van der Waals surface area contributed by atoms with Gasteiger partial charge in [0, 0.05) is 0 Å². The minimum absolute atomic E-state index is 0.135. The highest BCUT2D eigenvalue weighted by Gasteiger charge is 2.72. The molecule has 9 N–H and O–H groups in total. The Kier molecular flexibility index (Phi) is 11.0. The van der Waals surface area contributed by atoms with Crippen LogP contribution in [0.4, 0.5) is 0 Å². The van der Waals surface area contributed by atoms with Crippen LogP contribution in [-0.2, 0) is 23.7 Å². The van der Waals surface area contributed by atoms with E-state index in [1.165, 1.54) is 5.57 Å². The summed E-state index contributed by atoms with van der Waals surface area (Å²) in [5, 5.41) is 95.2. The van der Waals surface area contributed by atoms with Crippen LogP contribution in [-0.4, -0.2) is 139 Å². The highest BCUT2D eigenvalue weighted by atomic mass is 16.7. The zero-order valence-corrected chi connectivity index (χ0v) is 34.1. The first-order valence-corrected chi connectivity index (χ1v) is 20.9. The zero-order chi connectivity index (χ0) is 41.1. The molecule has 7 aliphatic rings. The van der Waals surface area contributed by atoms with Gasteiger partial charge < -0.3 is 64.9 Å². The summed E-state index contributed by atoms with van der Waals surface area (Å²) in [4.78, 5) is 14.6. The number of hydrogen-bond acceptors (Lipinski definition) is 14. The molecule has 0 unspecified atom stereocenters. The predicted octanol–water partition coefficient (Wildman–Crippen LogP) is 1.29. The Morgan fingerprint density at radius 3 is 1.91 bits per heavy atom. The quantitative estimate of drug-likeness (QED) is 0.105.